The molecule has 148 valence electrons. The lowest BCUT2D eigenvalue weighted by atomic mass is 9.93. The number of aromatic carboxylic acids is 1. The summed E-state index contributed by atoms with van der Waals surface area (Å²) in [6.45, 7) is 0. The zero-order valence-electron chi connectivity index (χ0n) is 15.2. The second kappa shape index (κ2) is 7.44. The Labute approximate surface area is 173 Å². The number of hydrogen-bond donors (Lipinski definition) is 2. The molecule has 1 aliphatic carbocycles. The zero-order valence-corrected chi connectivity index (χ0v) is 16.7. The molecule has 2 aromatic carbocycles. The van der Waals surface area contributed by atoms with Crippen molar-refractivity contribution in [1.82, 2.24) is 9.78 Å². The van der Waals surface area contributed by atoms with Gasteiger partial charge in [-0.25, -0.2) is 9.18 Å². The smallest absolute Gasteiger partial charge is 0.335 e. The maximum atomic E-state index is 14.7. The number of aromatic nitrogens is 2. The van der Waals surface area contributed by atoms with E-state index in [0.29, 0.717) is 28.7 Å². The van der Waals surface area contributed by atoms with Gasteiger partial charge in [0.25, 0.3) is 5.91 Å². The fraction of sp³-hybridized carbons (Fsp3) is 0.190. The third kappa shape index (κ3) is 3.33. The Morgan fingerprint density at radius 1 is 1.14 bits per heavy atom. The molecular weight excluding hydrogens is 443 g/mol. The first-order chi connectivity index (χ1) is 13.9. The minimum absolute atomic E-state index is 0.0802. The molecule has 1 heterocycles. The second-order valence-electron chi connectivity index (χ2n) is 6.83. The number of fused-ring (bicyclic) bond motifs is 1. The van der Waals surface area contributed by atoms with E-state index >= 15 is 0 Å². The highest BCUT2D eigenvalue weighted by molar-refractivity contribution is 9.10. The van der Waals surface area contributed by atoms with Crippen molar-refractivity contribution >= 4 is 27.8 Å². The zero-order chi connectivity index (χ0) is 20.7. The van der Waals surface area contributed by atoms with Crippen molar-refractivity contribution < 1.29 is 24.2 Å². The van der Waals surface area contributed by atoms with Crippen LogP contribution in [0, 0.1) is 5.82 Å². The number of carbonyl (C=O) groups excluding carboxylic acids is 1. The molecule has 0 fully saturated rings. The van der Waals surface area contributed by atoms with Gasteiger partial charge in [-0.1, -0.05) is 6.07 Å². The Kier molecular flexibility index (Phi) is 4.96. The third-order valence-corrected chi connectivity index (χ3v) is 5.71. The van der Waals surface area contributed by atoms with Crippen LogP contribution < -0.4 is 0 Å². The number of rotatable bonds is 3. The molecule has 3 aromatic rings. The molecule has 6 nitrogen and oxygen atoms in total. The van der Waals surface area contributed by atoms with Gasteiger partial charge in [-0.3, -0.25) is 4.79 Å². The number of carboxylic acids is 1. The molecule has 2 N–H and O–H groups in total. The maximum absolute atomic E-state index is 14.7. The molecule has 0 bridgehead atoms. The molecule has 0 saturated carbocycles. The van der Waals surface area contributed by atoms with E-state index in [9.17, 15) is 19.1 Å². The topological polar surface area (TPSA) is 92.4 Å². The van der Waals surface area contributed by atoms with Gasteiger partial charge in [0.15, 0.2) is 0 Å². The van der Waals surface area contributed by atoms with Crippen molar-refractivity contribution in [2.45, 2.75) is 25.7 Å². The van der Waals surface area contributed by atoms with Gasteiger partial charge in [0.2, 0.25) is 0 Å². The van der Waals surface area contributed by atoms with Gasteiger partial charge in [0, 0.05) is 15.6 Å². The molecule has 0 spiro atoms. The molecule has 29 heavy (non-hydrogen) atoms. The summed E-state index contributed by atoms with van der Waals surface area (Å²) >= 11 is 3.29. The van der Waals surface area contributed by atoms with Crippen LogP contribution >= 0.6 is 15.9 Å². The van der Waals surface area contributed by atoms with Gasteiger partial charge in [-0.15, -0.1) is 0 Å². The minimum atomic E-state index is -1.22. The number of aromatic hydroxyl groups is 1. The van der Waals surface area contributed by atoms with Crippen LogP contribution in [-0.4, -0.2) is 31.9 Å². The molecule has 0 saturated heterocycles. The van der Waals surface area contributed by atoms with Crippen LogP contribution in [-0.2, 0) is 12.8 Å². The predicted molar refractivity (Wildman–Crippen MR) is 107 cm³/mol. The molecular formula is C21H16BrFN2O4. The Bertz CT molecular complexity index is 1140. The Morgan fingerprint density at radius 3 is 2.59 bits per heavy atom. The third-order valence-electron chi connectivity index (χ3n) is 5.05. The predicted octanol–water partition coefficient (Wildman–Crippen LogP) is 4.42. The molecule has 0 aliphatic heterocycles. The average Bonchev–Trinajstić information content (AvgIpc) is 3.07. The molecule has 1 aliphatic rings. The number of phenols is 1. The van der Waals surface area contributed by atoms with E-state index in [4.69, 9.17) is 5.11 Å². The standard InChI is InChI=1S/C21H16BrFN2O4/c22-14-5-3-7-17(26)18(14)20(27)25-16-6-2-1-4-13(16)19(24-25)12-9-8-11(21(28)29)10-15(12)23/h3,5,7-10,26H,1-2,4,6H2,(H,28,29). The van der Waals surface area contributed by atoms with Crippen LogP contribution in [0.1, 0.15) is 44.8 Å². The lowest BCUT2D eigenvalue weighted by molar-refractivity contribution is 0.0696. The fourth-order valence-electron chi connectivity index (χ4n) is 3.65. The van der Waals surface area contributed by atoms with E-state index < -0.39 is 17.7 Å². The second-order valence-corrected chi connectivity index (χ2v) is 7.69. The van der Waals surface area contributed by atoms with Crippen LogP contribution in [0.5, 0.6) is 5.75 Å². The number of phenolic OH excluding ortho intramolecular Hbond substituents is 1. The Balaban J connectivity index is 1.88. The van der Waals surface area contributed by atoms with Crippen LogP contribution in [0.3, 0.4) is 0 Å². The summed E-state index contributed by atoms with van der Waals surface area (Å²) in [5.41, 5.74) is 1.86. The van der Waals surface area contributed by atoms with E-state index in [2.05, 4.69) is 21.0 Å². The lowest BCUT2D eigenvalue weighted by Gasteiger charge is -2.14. The van der Waals surface area contributed by atoms with Crippen LogP contribution in [0.2, 0.25) is 0 Å². The highest BCUT2D eigenvalue weighted by Gasteiger charge is 2.28. The molecule has 8 heteroatoms. The molecule has 0 radical (unpaired) electrons. The summed E-state index contributed by atoms with van der Waals surface area (Å²) in [7, 11) is 0. The molecule has 4 rings (SSSR count). The number of nitrogens with zero attached hydrogens (tertiary/aromatic N) is 2. The monoisotopic (exact) mass is 458 g/mol. The number of benzene rings is 2. The number of halogens is 2. The average molecular weight is 459 g/mol. The SMILES string of the molecule is O=C(O)c1ccc(-c2nn(C(=O)c3c(O)cccc3Br)c3c2CCCC3)c(F)c1. The van der Waals surface area contributed by atoms with Crippen molar-refractivity contribution in [2.75, 3.05) is 0 Å². The summed E-state index contributed by atoms with van der Waals surface area (Å²) < 4.78 is 16.3. The van der Waals surface area contributed by atoms with E-state index in [1.807, 2.05) is 0 Å². The molecule has 1 aromatic heterocycles. The number of carboxylic acid groups (broad SMARTS) is 1. The maximum Gasteiger partial charge on any atom is 0.335 e. The van der Waals surface area contributed by atoms with Crippen molar-refractivity contribution in [3.05, 3.63) is 69.1 Å². The highest BCUT2D eigenvalue weighted by atomic mass is 79.9. The van der Waals surface area contributed by atoms with E-state index in [0.717, 1.165) is 24.5 Å². The van der Waals surface area contributed by atoms with Crippen molar-refractivity contribution in [3.63, 3.8) is 0 Å². The Hall–Kier alpha value is -3.00. The summed E-state index contributed by atoms with van der Waals surface area (Å²) in [5.74, 6) is -2.62. The normalized spacial score (nSPS) is 13.2. The van der Waals surface area contributed by atoms with Crippen LogP contribution in [0.25, 0.3) is 11.3 Å². The fourth-order valence-corrected chi connectivity index (χ4v) is 4.18. The van der Waals surface area contributed by atoms with Gasteiger partial charge < -0.3 is 10.2 Å². The molecule has 0 atom stereocenters. The van der Waals surface area contributed by atoms with Crippen LogP contribution in [0.4, 0.5) is 4.39 Å². The molecule has 0 unspecified atom stereocenters. The quantitative estimate of drug-likeness (QED) is 0.605. The van der Waals surface area contributed by atoms with Crippen molar-refractivity contribution in [1.29, 1.82) is 0 Å². The van der Waals surface area contributed by atoms with E-state index in [1.54, 1.807) is 12.1 Å². The van der Waals surface area contributed by atoms with Crippen molar-refractivity contribution in [3.8, 4) is 17.0 Å². The first-order valence-electron chi connectivity index (χ1n) is 9.04. The highest BCUT2D eigenvalue weighted by Crippen LogP contribution is 2.35. The molecule has 0 amide bonds. The Morgan fingerprint density at radius 2 is 1.90 bits per heavy atom. The van der Waals surface area contributed by atoms with Gasteiger partial charge in [0.05, 0.1) is 22.5 Å². The van der Waals surface area contributed by atoms with Gasteiger partial charge in [0.1, 0.15) is 11.6 Å². The van der Waals surface area contributed by atoms with Crippen LogP contribution in [0.15, 0.2) is 40.9 Å². The number of hydrogen-bond acceptors (Lipinski definition) is 4. The number of carbonyl (C=O) groups is 2. The summed E-state index contributed by atoms with van der Waals surface area (Å²) in [6.07, 6.45) is 3.00. The van der Waals surface area contributed by atoms with Gasteiger partial charge in [-0.2, -0.15) is 9.78 Å². The first kappa shape index (κ1) is 19.3. The first-order valence-corrected chi connectivity index (χ1v) is 9.84. The minimum Gasteiger partial charge on any atom is -0.507 e. The van der Waals surface area contributed by atoms with E-state index in [-0.39, 0.29) is 22.4 Å². The van der Waals surface area contributed by atoms with Crippen molar-refractivity contribution in [2.24, 2.45) is 0 Å². The summed E-state index contributed by atoms with van der Waals surface area (Å²) in [5, 5.41) is 23.6. The lowest BCUT2D eigenvalue weighted by Crippen LogP contribution is -2.19. The van der Waals surface area contributed by atoms with Gasteiger partial charge >= 0.3 is 5.97 Å². The largest absolute Gasteiger partial charge is 0.507 e. The van der Waals surface area contributed by atoms with E-state index in [1.165, 1.54) is 22.9 Å². The van der Waals surface area contributed by atoms with Gasteiger partial charge in [-0.05, 0) is 71.9 Å². The summed E-state index contributed by atoms with van der Waals surface area (Å²) in [4.78, 5) is 24.3. The summed E-state index contributed by atoms with van der Waals surface area (Å²) in [6, 6.07) is 8.32.